The molecule has 0 unspecified atom stereocenters. The zero-order valence-corrected chi connectivity index (χ0v) is 32.7. The standard InChI is InChI=1S/C36H47NO10S2Si/c1-10-44-32(39)35(33(40)45-11-2)21-27-30(28-20-29(31(38)36(27,22-35)46-28)47-50(8,9)34(5,6)7)48(41,25-16-12-23(3)13-17-25)37-49(42,43)26-18-14-24(4)15-19-26/h12-20,27-28,30H,10-11,21-22H2,1-9H3/t27-,28-,30-,36-,48-/m0/s1. The Bertz CT molecular complexity index is 1940. The third-order valence-electron chi connectivity index (χ3n) is 10.5. The van der Waals surface area contributed by atoms with Gasteiger partial charge in [0.25, 0.3) is 18.3 Å². The number of nitrogens with zero attached hydrogens (tertiary/aromatic N) is 1. The number of carbonyl (C=O) groups excluding carboxylic acids is 3. The molecular weight excluding hydrogens is 699 g/mol. The molecule has 0 amide bonds. The minimum absolute atomic E-state index is 0.0177. The molecule has 3 aliphatic rings. The number of carbonyl (C=O) groups is 3. The molecule has 2 aliphatic heterocycles. The van der Waals surface area contributed by atoms with Crippen molar-refractivity contribution >= 4 is 45.8 Å². The molecule has 0 aromatic heterocycles. The van der Waals surface area contributed by atoms with Gasteiger partial charge in [-0.3, -0.25) is 14.4 Å². The van der Waals surface area contributed by atoms with E-state index >= 15 is 4.21 Å². The van der Waals surface area contributed by atoms with Crippen molar-refractivity contribution in [3.8, 4) is 0 Å². The van der Waals surface area contributed by atoms with Gasteiger partial charge in [0.05, 0.1) is 39.2 Å². The van der Waals surface area contributed by atoms with E-state index in [-0.39, 0.29) is 40.2 Å². The van der Waals surface area contributed by atoms with Gasteiger partial charge in [0.15, 0.2) is 5.41 Å². The highest BCUT2D eigenvalue weighted by atomic mass is 32.3. The lowest BCUT2D eigenvalue weighted by Gasteiger charge is -2.40. The van der Waals surface area contributed by atoms with Crippen LogP contribution in [0.3, 0.4) is 0 Å². The van der Waals surface area contributed by atoms with Crippen molar-refractivity contribution in [1.82, 2.24) is 0 Å². The van der Waals surface area contributed by atoms with Crippen LogP contribution in [0.4, 0.5) is 0 Å². The van der Waals surface area contributed by atoms with Crippen LogP contribution in [0.2, 0.25) is 18.1 Å². The van der Waals surface area contributed by atoms with E-state index in [2.05, 4.69) is 3.77 Å². The third kappa shape index (κ3) is 6.26. The van der Waals surface area contributed by atoms with E-state index in [1.54, 1.807) is 50.2 Å². The maximum atomic E-state index is 15.9. The number of hydrogen-bond acceptors (Lipinski definition) is 10. The summed E-state index contributed by atoms with van der Waals surface area (Å²) < 4.78 is 72.2. The minimum atomic E-state index is -4.56. The number of esters is 2. The van der Waals surface area contributed by atoms with Gasteiger partial charge in [-0.15, -0.1) is 3.77 Å². The Hall–Kier alpha value is -3.33. The summed E-state index contributed by atoms with van der Waals surface area (Å²) >= 11 is 0. The Morgan fingerprint density at radius 1 is 0.900 bits per heavy atom. The van der Waals surface area contributed by atoms with Gasteiger partial charge >= 0.3 is 11.9 Å². The predicted molar refractivity (Wildman–Crippen MR) is 190 cm³/mol. The van der Waals surface area contributed by atoms with Gasteiger partial charge in [-0.1, -0.05) is 56.2 Å². The molecule has 2 heterocycles. The normalized spacial score (nSPS) is 25.6. The van der Waals surface area contributed by atoms with Gasteiger partial charge in [0, 0.05) is 17.2 Å². The highest BCUT2D eigenvalue weighted by molar-refractivity contribution is 8.03. The molecule has 2 aromatic rings. The van der Waals surface area contributed by atoms with Crippen molar-refractivity contribution in [2.45, 2.75) is 106 Å². The molecule has 2 fully saturated rings. The van der Waals surface area contributed by atoms with E-state index in [4.69, 9.17) is 18.6 Å². The molecular formula is C36H47NO10S2Si. The lowest BCUT2D eigenvalue weighted by Crippen LogP contribution is -2.50. The van der Waals surface area contributed by atoms with Gasteiger partial charge in [-0.05, 0) is 82.6 Å². The van der Waals surface area contributed by atoms with Crippen LogP contribution in [0.1, 0.15) is 58.6 Å². The van der Waals surface area contributed by atoms with E-state index < -0.39 is 80.5 Å². The van der Waals surface area contributed by atoms with E-state index in [0.717, 1.165) is 11.1 Å². The summed E-state index contributed by atoms with van der Waals surface area (Å²) in [6.45, 7) is 16.7. The first-order valence-corrected chi connectivity index (χ1v) is 22.7. The van der Waals surface area contributed by atoms with Gasteiger partial charge < -0.3 is 18.6 Å². The van der Waals surface area contributed by atoms with Crippen molar-refractivity contribution in [3.63, 3.8) is 0 Å². The lowest BCUT2D eigenvalue weighted by molar-refractivity contribution is -0.174. The summed E-state index contributed by atoms with van der Waals surface area (Å²) in [5.74, 6) is -3.55. The number of aryl methyl sites for hydroxylation is 2. The summed E-state index contributed by atoms with van der Waals surface area (Å²) in [5, 5.41) is -1.62. The lowest BCUT2D eigenvalue weighted by atomic mass is 9.82. The van der Waals surface area contributed by atoms with Gasteiger partial charge in [-0.2, -0.15) is 8.42 Å². The largest absolute Gasteiger partial charge is 0.541 e. The zero-order valence-electron chi connectivity index (χ0n) is 30.1. The van der Waals surface area contributed by atoms with Crippen LogP contribution >= 0.6 is 0 Å². The maximum Gasteiger partial charge on any atom is 0.323 e. The van der Waals surface area contributed by atoms with Crippen LogP contribution in [-0.4, -0.2) is 68.8 Å². The number of rotatable bonds is 10. The van der Waals surface area contributed by atoms with Crippen molar-refractivity contribution < 1.29 is 45.6 Å². The number of Topliss-reactive ketones (excluding diaryl/α,β-unsaturated/α-hetero) is 1. The summed E-state index contributed by atoms with van der Waals surface area (Å²) in [6.07, 6.45) is -0.442. The first-order valence-electron chi connectivity index (χ1n) is 16.8. The van der Waals surface area contributed by atoms with Gasteiger partial charge in [0.2, 0.25) is 5.78 Å². The Morgan fingerprint density at radius 3 is 1.88 bits per heavy atom. The van der Waals surface area contributed by atoms with Crippen LogP contribution in [-0.2, 0) is 52.8 Å². The molecule has 50 heavy (non-hydrogen) atoms. The molecule has 0 N–H and O–H groups in total. The Balaban J connectivity index is 1.81. The second-order valence-electron chi connectivity index (χ2n) is 14.9. The van der Waals surface area contributed by atoms with Gasteiger partial charge in [-0.25, -0.2) is 4.21 Å². The smallest absolute Gasteiger partial charge is 0.323 e. The second-order valence-corrected chi connectivity index (χ2v) is 23.8. The topological polar surface area (TPSA) is 152 Å². The molecule has 1 saturated carbocycles. The second kappa shape index (κ2) is 13.0. The van der Waals surface area contributed by atoms with E-state index in [0.29, 0.717) is 0 Å². The number of fused-ring (bicyclic) bond motifs is 1. The average Bonchev–Trinajstić information content (AvgIpc) is 3.48. The molecule has 1 spiro atoms. The van der Waals surface area contributed by atoms with Crippen molar-refractivity contribution in [2.75, 3.05) is 13.2 Å². The van der Waals surface area contributed by atoms with Crippen LogP contribution in [0.15, 0.2) is 73.9 Å². The fourth-order valence-corrected chi connectivity index (χ4v) is 12.7. The van der Waals surface area contributed by atoms with E-state index in [1.165, 1.54) is 18.2 Å². The molecule has 1 aliphatic carbocycles. The number of sulfonamides is 1. The Morgan fingerprint density at radius 2 is 1.40 bits per heavy atom. The number of benzene rings is 2. The average molecular weight is 746 g/mol. The van der Waals surface area contributed by atoms with E-state index in [1.807, 2.05) is 47.7 Å². The Kier molecular flexibility index (Phi) is 9.87. The number of hydrogen-bond donors (Lipinski definition) is 0. The molecule has 2 aromatic carbocycles. The third-order valence-corrected chi connectivity index (χ3v) is 19.6. The monoisotopic (exact) mass is 745 g/mol. The number of ketones is 1. The summed E-state index contributed by atoms with van der Waals surface area (Å²) in [4.78, 5) is 42.3. The van der Waals surface area contributed by atoms with Crippen LogP contribution in [0.5, 0.6) is 0 Å². The fourth-order valence-electron chi connectivity index (χ4n) is 6.83. The van der Waals surface area contributed by atoms with Gasteiger partial charge in [0.1, 0.15) is 11.4 Å². The maximum absolute atomic E-state index is 15.9. The van der Waals surface area contributed by atoms with Crippen molar-refractivity contribution in [2.24, 2.45) is 15.1 Å². The molecule has 5 atom stereocenters. The summed E-state index contributed by atoms with van der Waals surface area (Å²) in [5.41, 5.74) is -2.24. The van der Waals surface area contributed by atoms with Crippen LogP contribution in [0, 0.1) is 25.2 Å². The quantitative estimate of drug-likeness (QED) is 0.160. The summed E-state index contributed by atoms with van der Waals surface area (Å²) in [7, 11) is -11.3. The van der Waals surface area contributed by atoms with Crippen molar-refractivity contribution in [3.05, 3.63) is 71.5 Å². The zero-order chi connectivity index (χ0) is 37.1. The van der Waals surface area contributed by atoms with Crippen LogP contribution in [0.25, 0.3) is 0 Å². The predicted octanol–water partition coefficient (Wildman–Crippen LogP) is 6.04. The summed E-state index contributed by atoms with van der Waals surface area (Å²) in [6, 6.07) is 12.5. The minimum Gasteiger partial charge on any atom is -0.541 e. The molecule has 11 nitrogen and oxygen atoms in total. The molecule has 272 valence electrons. The molecule has 2 bridgehead atoms. The van der Waals surface area contributed by atoms with Crippen molar-refractivity contribution in [1.29, 1.82) is 0 Å². The molecule has 5 rings (SSSR count). The fraction of sp³-hybridized carbons (Fsp3) is 0.528. The first-order chi connectivity index (χ1) is 23.2. The number of ether oxygens (including phenoxy) is 3. The Labute approximate surface area is 296 Å². The molecule has 1 saturated heterocycles. The molecule has 14 heteroatoms. The van der Waals surface area contributed by atoms with Crippen LogP contribution < -0.4 is 0 Å². The SMILES string of the molecule is CCOC(=O)C1(C(=O)OCC)C[C@H]2[C@H]([S@](=O)(=NS(=O)(=O)c3ccc(C)cc3)c3ccc(C)cc3)[C@@H]3C=C(O[Si](C)(C)C(C)(C)C)C(=O)[C@@]2(C1)O3. The van der Waals surface area contributed by atoms with E-state index in [9.17, 15) is 22.8 Å². The first kappa shape index (κ1) is 37.9. The highest BCUT2D eigenvalue weighted by Crippen LogP contribution is 2.62. The highest BCUT2D eigenvalue weighted by Gasteiger charge is 2.76. The molecule has 0 radical (unpaired) electrons.